The molecule has 1 amide bonds. The van der Waals surface area contributed by atoms with E-state index in [-0.39, 0.29) is 23.8 Å². The van der Waals surface area contributed by atoms with E-state index in [1.807, 2.05) is 12.1 Å². The van der Waals surface area contributed by atoms with Crippen molar-refractivity contribution in [2.24, 2.45) is 0 Å². The van der Waals surface area contributed by atoms with Gasteiger partial charge in [0.2, 0.25) is 16.9 Å². The smallest absolute Gasteiger partial charge is 0.322 e. The fourth-order valence-electron chi connectivity index (χ4n) is 2.79. The Kier molecular flexibility index (Phi) is 6.07. The maximum Gasteiger partial charge on any atom is 0.322 e. The van der Waals surface area contributed by atoms with Gasteiger partial charge in [-0.2, -0.15) is 0 Å². The van der Waals surface area contributed by atoms with Crippen LogP contribution in [0.15, 0.2) is 27.0 Å². The van der Waals surface area contributed by atoms with Crippen molar-refractivity contribution in [1.29, 1.82) is 0 Å². The minimum absolute atomic E-state index is 0.0793. The highest BCUT2D eigenvalue weighted by Crippen LogP contribution is 2.30. The minimum Gasteiger partial charge on any atom is -0.405 e. The first kappa shape index (κ1) is 19.8. The van der Waals surface area contributed by atoms with Gasteiger partial charge in [-0.25, -0.2) is 0 Å². The number of carbonyl (C=O) groups excluding carboxylic acids is 1. The second-order valence-electron chi connectivity index (χ2n) is 6.53. The van der Waals surface area contributed by atoms with Crippen LogP contribution in [0, 0.1) is 13.8 Å². The van der Waals surface area contributed by atoms with Crippen LogP contribution in [0.1, 0.15) is 36.0 Å². The van der Waals surface area contributed by atoms with Gasteiger partial charge in [-0.1, -0.05) is 40.3 Å². The first-order valence-electron chi connectivity index (χ1n) is 9.13. The molecule has 3 aromatic rings. The van der Waals surface area contributed by atoms with E-state index in [1.54, 1.807) is 0 Å². The Morgan fingerprint density at radius 2 is 2.17 bits per heavy atom. The number of benzene rings is 1. The molecule has 0 radical (unpaired) electrons. The number of ether oxygens (including phenoxy) is 1. The maximum absolute atomic E-state index is 12.1. The van der Waals surface area contributed by atoms with E-state index >= 15 is 0 Å². The third kappa shape index (κ3) is 4.92. The van der Waals surface area contributed by atoms with Gasteiger partial charge in [0, 0.05) is 12.3 Å². The molecule has 1 aromatic carbocycles. The van der Waals surface area contributed by atoms with Gasteiger partial charge in [0.25, 0.3) is 0 Å². The molecular formula is C18H20N6O3S2. The third-order valence-electron chi connectivity index (χ3n) is 4.47. The number of nitrogens with one attached hydrogen (secondary N) is 2. The lowest BCUT2D eigenvalue weighted by Gasteiger charge is -2.08. The van der Waals surface area contributed by atoms with Crippen LogP contribution in [-0.2, 0) is 9.53 Å². The Morgan fingerprint density at radius 3 is 3.00 bits per heavy atom. The van der Waals surface area contributed by atoms with Crippen LogP contribution in [0.2, 0.25) is 0 Å². The Morgan fingerprint density at radius 1 is 1.28 bits per heavy atom. The zero-order valence-electron chi connectivity index (χ0n) is 16.0. The average Bonchev–Trinajstić information content (AvgIpc) is 3.45. The largest absolute Gasteiger partial charge is 0.405 e. The van der Waals surface area contributed by atoms with Crippen molar-refractivity contribution in [2.45, 2.75) is 37.1 Å². The molecule has 3 heterocycles. The fraction of sp³-hybridized carbons (Fsp3) is 0.389. The van der Waals surface area contributed by atoms with Crippen LogP contribution < -0.4 is 10.6 Å². The van der Waals surface area contributed by atoms with Crippen molar-refractivity contribution in [3.8, 4) is 0 Å². The summed E-state index contributed by atoms with van der Waals surface area (Å²) in [6.07, 6.45) is 1.64. The zero-order valence-corrected chi connectivity index (χ0v) is 17.6. The molecule has 4 rings (SSSR count). The van der Waals surface area contributed by atoms with E-state index in [0.717, 1.165) is 18.5 Å². The van der Waals surface area contributed by atoms with Gasteiger partial charge >= 0.3 is 6.01 Å². The Hall–Kier alpha value is -2.50. The van der Waals surface area contributed by atoms with Crippen molar-refractivity contribution in [3.63, 3.8) is 0 Å². The number of thioether (sulfide) groups is 1. The summed E-state index contributed by atoms with van der Waals surface area (Å²) in [5.74, 6) is 0.309. The molecule has 2 aromatic heterocycles. The van der Waals surface area contributed by atoms with Gasteiger partial charge in [0.05, 0.1) is 5.75 Å². The minimum atomic E-state index is -0.253. The molecule has 2 N–H and O–H groups in total. The summed E-state index contributed by atoms with van der Waals surface area (Å²) in [6, 6.07) is 6.14. The number of nitrogens with zero attached hydrogens (tertiary/aromatic N) is 4. The molecule has 1 fully saturated rings. The molecule has 0 aliphatic carbocycles. The van der Waals surface area contributed by atoms with E-state index in [4.69, 9.17) is 9.15 Å². The van der Waals surface area contributed by atoms with Crippen LogP contribution in [-0.4, -0.2) is 38.7 Å². The summed E-state index contributed by atoms with van der Waals surface area (Å²) >= 11 is 2.69. The lowest BCUT2D eigenvalue weighted by Crippen LogP contribution is -2.14. The quantitative estimate of drug-likeness (QED) is 0.537. The van der Waals surface area contributed by atoms with Crippen LogP contribution >= 0.6 is 23.1 Å². The second kappa shape index (κ2) is 8.89. The normalized spacial score (nSPS) is 16.1. The van der Waals surface area contributed by atoms with Crippen molar-refractivity contribution in [3.05, 3.63) is 35.2 Å². The molecular weight excluding hydrogens is 412 g/mol. The number of anilines is 3. The molecule has 1 atom stereocenters. The van der Waals surface area contributed by atoms with E-state index in [2.05, 4.69) is 50.9 Å². The number of hydrogen-bond acceptors (Lipinski definition) is 10. The van der Waals surface area contributed by atoms with Crippen LogP contribution in [0.25, 0.3) is 0 Å². The summed E-state index contributed by atoms with van der Waals surface area (Å²) in [6.45, 7) is 4.81. The Labute approximate surface area is 175 Å². The monoisotopic (exact) mass is 432 g/mol. The second-order valence-corrected chi connectivity index (χ2v) is 8.73. The van der Waals surface area contributed by atoms with E-state index in [9.17, 15) is 4.79 Å². The highest BCUT2D eigenvalue weighted by molar-refractivity contribution is 8.01. The van der Waals surface area contributed by atoms with Gasteiger partial charge < -0.3 is 14.5 Å². The number of amides is 1. The highest BCUT2D eigenvalue weighted by atomic mass is 32.2. The number of carbonyl (C=O) groups is 1. The molecule has 0 saturated carbocycles. The average molecular weight is 433 g/mol. The molecule has 9 nitrogen and oxygen atoms in total. The standard InChI is InChI=1S/C18H20N6O3S2/c1-10-5-3-6-12(11(10)2)19-17-23-24-18(29-17)28-9-14(25)20-16-22-21-15(27-16)13-7-4-8-26-13/h3,5-6,13H,4,7-9H2,1-2H3,(H,19,23)(H,20,22,25). The number of rotatable bonds is 7. The predicted molar refractivity (Wildman–Crippen MR) is 111 cm³/mol. The zero-order chi connectivity index (χ0) is 20.2. The summed E-state index contributed by atoms with van der Waals surface area (Å²) in [4.78, 5) is 12.1. The fourth-order valence-corrected chi connectivity index (χ4v) is 4.35. The van der Waals surface area contributed by atoms with Crippen molar-refractivity contribution in [2.75, 3.05) is 23.0 Å². The lowest BCUT2D eigenvalue weighted by atomic mass is 10.1. The topological polar surface area (TPSA) is 115 Å². The SMILES string of the molecule is Cc1cccc(Nc2nnc(SCC(=O)Nc3nnc(C4CCCO4)o3)s2)c1C. The molecule has 29 heavy (non-hydrogen) atoms. The molecule has 1 unspecified atom stereocenters. The Bertz CT molecular complexity index is 999. The third-order valence-corrected chi connectivity index (χ3v) is 6.44. The van der Waals surface area contributed by atoms with Gasteiger partial charge in [0.15, 0.2) is 4.34 Å². The summed E-state index contributed by atoms with van der Waals surface area (Å²) < 4.78 is 11.6. The van der Waals surface area contributed by atoms with Crippen molar-refractivity contribution in [1.82, 2.24) is 20.4 Å². The van der Waals surface area contributed by atoms with Crippen LogP contribution in [0.3, 0.4) is 0 Å². The van der Waals surface area contributed by atoms with Gasteiger partial charge in [-0.3, -0.25) is 10.1 Å². The van der Waals surface area contributed by atoms with Gasteiger partial charge in [-0.15, -0.1) is 15.3 Å². The summed E-state index contributed by atoms with van der Waals surface area (Å²) in [5.41, 5.74) is 3.36. The molecule has 1 saturated heterocycles. The molecule has 11 heteroatoms. The first-order valence-corrected chi connectivity index (χ1v) is 10.9. The number of aryl methyl sites for hydroxylation is 1. The Balaban J connectivity index is 1.28. The van der Waals surface area contributed by atoms with Crippen molar-refractivity contribution < 1.29 is 13.9 Å². The number of aromatic nitrogens is 4. The summed E-state index contributed by atoms with van der Waals surface area (Å²) in [5, 5.41) is 22.6. The summed E-state index contributed by atoms with van der Waals surface area (Å²) in [7, 11) is 0. The number of hydrogen-bond donors (Lipinski definition) is 2. The van der Waals surface area contributed by atoms with Crippen LogP contribution in [0.4, 0.5) is 16.8 Å². The van der Waals surface area contributed by atoms with Crippen molar-refractivity contribution >= 4 is 45.8 Å². The molecule has 0 bridgehead atoms. The lowest BCUT2D eigenvalue weighted by molar-refractivity contribution is -0.113. The maximum atomic E-state index is 12.1. The van der Waals surface area contributed by atoms with E-state index in [0.29, 0.717) is 22.0 Å². The van der Waals surface area contributed by atoms with Gasteiger partial charge in [0.1, 0.15) is 6.10 Å². The van der Waals surface area contributed by atoms with Crippen LogP contribution in [0.5, 0.6) is 0 Å². The van der Waals surface area contributed by atoms with E-state index < -0.39 is 0 Å². The molecule has 1 aliphatic heterocycles. The highest BCUT2D eigenvalue weighted by Gasteiger charge is 2.24. The predicted octanol–water partition coefficient (Wildman–Crippen LogP) is 3.86. The van der Waals surface area contributed by atoms with Gasteiger partial charge in [-0.05, 0) is 43.9 Å². The van der Waals surface area contributed by atoms with E-state index in [1.165, 1.54) is 34.2 Å². The molecule has 0 spiro atoms. The first-order chi connectivity index (χ1) is 14.1. The molecule has 1 aliphatic rings. The molecule has 152 valence electrons.